The van der Waals surface area contributed by atoms with Crippen LogP contribution in [-0.4, -0.2) is 39.6 Å². The van der Waals surface area contributed by atoms with Gasteiger partial charge in [-0.15, -0.1) is 23.1 Å². The SMILES string of the molecule is CCC(Sc1cccc(NC(=O)c2ccccc2C(=O)O)c1)C(=O)Nc1sc2c(c1C#N)CCN(Cc1ccccc1)C2. The second kappa shape index (κ2) is 13.7. The molecule has 0 aliphatic carbocycles. The maximum atomic E-state index is 13.4. The zero-order valence-corrected chi connectivity index (χ0v) is 25.1. The van der Waals surface area contributed by atoms with Gasteiger partial charge < -0.3 is 15.7 Å². The van der Waals surface area contributed by atoms with Crippen molar-refractivity contribution < 1.29 is 19.5 Å². The Morgan fingerprint density at radius 3 is 2.49 bits per heavy atom. The summed E-state index contributed by atoms with van der Waals surface area (Å²) >= 11 is 2.85. The summed E-state index contributed by atoms with van der Waals surface area (Å²) in [5.74, 6) is -1.89. The summed E-state index contributed by atoms with van der Waals surface area (Å²) in [5.41, 5.74) is 3.30. The van der Waals surface area contributed by atoms with Gasteiger partial charge in [-0.25, -0.2) is 4.79 Å². The zero-order valence-electron chi connectivity index (χ0n) is 23.5. The minimum Gasteiger partial charge on any atom is -0.478 e. The molecule has 10 heteroatoms. The van der Waals surface area contributed by atoms with E-state index >= 15 is 0 Å². The number of aromatic carboxylic acids is 1. The lowest BCUT2D eigenvalue weighted by molar-refractivity contribution is -0.115. The molecule has 1 aromatic heterocycles. The summed E-state index contributed by atoms with van der Waals surface area (Å²) in [7, 11) is 0. The number of rotatable bonds is 10. The maximum absolute atomic E-state index is 13.4. The molecule has 0 saturated heterocycles. The summed E-state index contributed by atoms with van der Waals surface area (Å²) in [4.78, 5) is 42.0. The van der Waals surface area contributed by atoms with Crippen molar-refractivity contribution in [3.05, 3.63) is 112 Å². The van der Waals surface area contributed by atoms with Gasteiger partial charge in [0.15, 0.2) is 0 Å². The average Bonchev–Trinajstić information content (AvgIpc) is 3.36. The summed E-state index contributed by atoms with van der Waals surface area (Å²) in [6, 6.07) is 25.8. The number of nitriles is 1. The highest BCUT2D eigenvalue weighted by atomic mass is 32.2. The van der Waals surface area contributed by atoms with Crippen LogP contribution in [0.3, 0.4) is 0 Å². The number of anilines is 2. The summed E-state index contributed by atoms with van der Waals surface area (Å²) in [6.45, 7) is 4.35. The highest BCUT2D eigenvalue weighted by Crippen LogP contribution is 2.38. The lowest BCUT2D eigenvalue weighted by atomic mass is 10.0. The third-order valence-corrected chi connectivity index (χ3v) is 9.66. The van der Waals surface area contributed by atoms with E-state index in [2.05, 4.69) is 33.7 Å². The second-order valence-corrected chi connectivity index (χ2v) is 12.5. The summed E-state index contributed by atoms with van der Waals surface area (Å²) < 4.78 is 0. The molecule has 0 spiro atoms. The molecule has 1 aliphatic rings. The molecule has 1 atom stereocenters. The van der Waals surface area contributed by atoms with Crippen LogP contribution in [-0.2, 0) is 24.3 Å². The number of thioether (sulfide) groups is 1. The second-order valence-electron chi connectivity index (χ2n) is 10.1. The fraction of sp³-hybridized carbons (Fsp3) is 0.212. The molecule has 1 aliphatic heterocycles. The first-order chi connectivity index (χ1) is 20.9. The highest BCUT2D eigenvalue weighted by Gasteiger charge is 2.27. The number of hydrogen-bond donors (Lipinski definition) is 3. The number of nitrogens with one attached hydrogen (secondary N) is 2. The van der Waals surface area contributed by atoms with Crippen molar-refractivity contribution in [3.8, 4) is 6.07 Å². The van der Waals surface area contributed by atoms with Crippen molar-refractivity contribution in [3.63, 3.8) is 0 Å². The third kappa shape index (κ3) is 7.14. The van der Waals surface area contributed by atoms with E-state index in [-0.39, 0.29) is 17.0 Å². The Kier molecular flexibility index (Phi) is 9.57. The Morgan fingerprint density at radius 1 is 1.02 bits per heavy atom. The Morgan fingerprint density at radius 2 is 1.77 bits per heavy atom. The number of carboxylic acids is 1. The van der Waals surface area contributed by atoms with Crippen LogP contribution >= 0.6 is 23.1 Å². The Bertz CT molecular complexity index is 1700. The first kappa shape index (κ1) is 30.0. The Labute approximate surface area is 258 Å². The van der Waals surface area contributed by atoms with Crippen LogP contribution < -0.4 is 10.6 Å². The normalized spacial score (nSPS) is 13.4. The quantitative estimate of drug-likeness (QED) is 0.172. The molecule has 2 amide bonds. The summed E-state index contributed by atoms with van der Waals surface area (Å²) in [5, 5.41) is 25.3. The van der Waals surface area contributed by atoms with Gasteiger partial charge in [0.2, 0.25) is 5.91 Å². The van der Waals surface area contributed by atoms with Gasteiger partial charge >= 0.3 is 5.97 Å². The van der Waals surface area contributed by atoms with E-state index in [1.807, 2.05) is 31.2 Å². The number of amides is 2. The number of carboxylic acid groups (broad SMARTS) is 1. The minimum absolute atomic E-state index is 0.0639. The first-order valence-electron chi connectivity index (χ1n) is 13.9. The predicted octanol–water partition coefficient (Wildman–Crippen LogP) is 6.64. The fourth-order valence-electron chi connectivity index (χ4n) is 5.03. The molecule has 5 rings (SSSR count). The smallest absolute Gasteiger partial charge is 0.336 e. The van der Waals surface area contributed by atoms with Crippen LogP contribution in [0.25, 0.3) is 0 Å². The molecular formula is C33H30N4O4S2. The van der Waals surface area contributed by atoms with Crippen LogP contribution in [0.15, 0.2) is 83.8 Å². The van der Waals surface area contributed by atoms with Crippen molar-refractivity contribution in [1.29, 1.82) is 5.26 Å². The topological polar surface area (TPSA) is 123 Å². The fourth-order valence-corrected chi connectivity index (χ4v) is 7.29. The van der Waals surface area contributed by atoms with Crippen molar-refractivity contribution in [2.24, 2.45) is 0 Å². The Balaban J connectivity index is 1.25. The van der Waals surface area contributed by atoms with E-state index in [1.165, 1.54) is 40.8 Å². The minimum atomic E-state index is -1.18. The molecule has 0 fully saturated rings. The van der Waals surface area contributed by atoms with Gasteiger partial charge in [-0.05, 0) is 54.3 Å². The predicted molar refractivity (Wildman–Crippen MR) is 170 cm³/mol. The van der Waals surface area contributed by atoms with E-state index in [1.54, 1.807) is 30.3 Å². The highest BCUT2D eigenvalue weighted by molar-refractivity contribution is 8.00. The summed E-state index contributed by atoms with van der Waals surface area (Å²) in [6.07, 6.45) is 1.32. The molecule has 0 bridgehead atoms. The van der Waals surface area contributed by atoms with Crippen molar-refractivity contribution in [2.45, 2.75) is 43.0 Å². The molecule has 3 aromatic carbocycles. The maximum Gasteiger partial charge on any atom is 0.336 e. The molecule has 4 aromatic rings. The lowest BCUT2D eigenvalue weighted by Gasteiger charge is -2.26. The van der Waals surface area contributed by atoms with E-state index in [9.17, 15) is 24.8 Å². The number of nitrogens with zero attached hydrogens (tertiary/aromatic N) is 2. The number of thiophene rings is 1. The number of benzene rings is 3. The molecule has 8 nitrogen and oxygen atoms in total. The van der Waals surface area contributed by atoms with E-state index in [0.29, 0.717) is 22.7 Å². The van der Waals surface area contributed by atoms with Gasteiger partial charge in [-0.2, -0.15) is 5.26 Å². The molecule has 43 heavy (non-hydrogen) atoms. The molecule has 0 radical (unpaired) electrons. The van der Waals surface area contributed by atoms with Crippen LogP contribution in [0.5, 0.6) is 0 Å². The average molecular weight is 611 g/mol. The van der Waals surface area contributed by atoms with Crippen molar-refractivity contribution in [1.82, 2.24) is 4.90 Å². The monoisotopic (exact) mass is 610 g/mol. The molecule has 0 saturated carbocycles. The number of carbonyl (C=O) groups is 3. The van der Waals surface area contributed by atoms with Crippen LogP contribution in [0.2, 0.25) is 0 Å². The van der Waals surface area contributed by atoms with E-state index < -0.39 is 17.1 Å². The van der Waals surface area contributed by atoms with E-state index in [0.717, 1.165) is 41.4 Å². The number of fused-ring (bicyclic) bond motifs is 1. The van der Waals surface area contributed by atoms with Gasteiger partial charge in [0, 0.05) is 35.1 Å². The number of carbonyl (C=O) groups excluding carboxylic acids is 2. The molecule has 3 N–H and O–H groups in total. The third-order valence-electron chi connectivity index (χ3n) is 7.17. The van der Waals surface area contributed by atoms with Crippen molar-refractivity contribution in [2.75, 3.05) is 17.2 Å². The van der Waals surface area contributed by atoms with E-state index in [4.69, 9.17) is 0 Å². The van der Waals surface area contributed by atoms with Gasteiger partial charge in [-0.3, -0.25) is 14.5 Å². The molecular weight excluding hydrogens is 581 g/mol. The number of hydrogen-bond acceptors (Lipinski definition) is 7. The standard InChI is InChI=1S/C33H30N4O4S2/c1-2-28(42-23-12-8-11-22(17-23)35-30(38)25-13-6-7-14-26(25)33(40)41)31(39)36-32-27(18-34)24-15-16-37(20-29(24)43-32)19-21-9-4-3-5-10-21/h3-14,17,28H,2,15-16,19-20H2,1H3,(H,35,38)(H,36,39)(H,40,41). The van der Waals surface area contributed by atoms with Crippen LogP contribution in [0, 0.1) is 11.3 Å². The van der Waals surface area contributed by atoms with Crippen molar-refractivity contribution >= 4 is 51.6 Å². The van der Waals surface area contributed by atoms with Crippen LogP contribution in [0.4, 0.5) is 10.7 Å². The van der Waals surface area contributed by atoms with Gasteiger partial charge in [0.05, 0.1) is 21.9 Å². The molecule has 2 heterocycles. The van der Waals surface area contributed by atoms with Gasteiger partial charge in [0.1, 0.15) is 11.1 Å². The largest absolute Gasteiger partial charge is 0.478 e. The molecule has 218 valence electrons. The van der Waals surface area contributed by atoms with Crippen LogP contribution in [0.1, 0.15) is 55.6 Å². The first-order valence-corrected chi connectivity index (χ1v) is 15.6. The van der Waals surface area contributed by atoms with Gasteiger partial charge in [0.25, 0.3) is 5.91 Å². The van der Waals surface area contributed by atoms with Gasteiger partial charge in [-0.1, -0.05) is 55.5 Å². The lowest BCUT2D eigenvalue weighted by Crippen LogP contribution is -2.29. The Hall–Kier alpha value is -4.43. The molecule has 1 unspecified atom stereocenters. The zero-order chi connectivity index (χ0) is 30.3.